The first kappa shape index (κ1) is 7.94. The molecule has 0 bridgehead atoms. The van der Waals surface area contributed by atoms with Gasteiger partial charge < -0.3 is 9.77 Å². The highest BCUT2D eigenvalue weighted by molar-refractivity contribution is 7.99. The highest BCUT2D eigenvalue weighted by Gasteiger charge is 2.19. The second-order valence-electron chi connectivity index (χ2n) is 2.32. The molecule has 1 aromatic rings. The van der Waals surface area contributed by atoms with Crippen LogP contribution in [-0.2, 0) is 6.54 Å². The van der Waals surface area contributed by atoms with E-state index in [1.165, 1.54) is 6.21 Å². The van der Waals surface area contributed by atoms with Gasteiger partial charge in [-0.3, -0.25) is 0 Å². The van der Waals surface area contributed by atoms with Crippen LogP contribution in [0.4, 0.5) is 0 Å². The van der Waals surface area contributed by atoms with Crippen molar-refractivity contribution in [3.05, 3.63) is 10.8 Å². The summed E-state index contributed by atoms with van der Waals surface area (Å²) in [5.74, 6) is 1.01. The maximum Gasteiger partial charge on any atom is 0.170 e. The lowest BCUT2D eigenvalue weighted by Gasteiger charge is -1.95. The Kier molecular flexibility index (Phi) is 1.98. The van der Waals surface area contributed by atoms with Crippen molar-refractivity contribution in [3.63, 3.8) is 0 Å². The number of halogens is 1. The standard InChI is InChI=1S/C6H6ClN3OS/c7-5-4(3-8-11)10-1-2-12-6(10)9-5/h3,11H,1-2H2/b8-3-. The van der Waals surface area contributed by atoms with Crippen molar-refractivity contribution in [2.45, 2.75) is 11.7 Å². The second-order valence-corrected chi connectivity index (χ2v) is 3.74. The minimum atomic E-state index is 0.398. The molecule has 1 aromatic heterocycles. The van der Waals surface area contributed by atoms with Gasteiger partial charge in [-0.2, -0.15) is 0 Å². The zero-order valence-corrected chi connectivity index (χ0v) is 7.64. The van der Waals surface area contributed by atoms with Crippen LogP contribution in [0, 0.1) is 0 Å². The number of nitrogens with zero attached hydrogens (tertiary/aromatic N) is 3. The third kappa shape index (κ3) is 1.09. The molecule has 1 aliphatic heterocycles. The molecule has 4 nitrogen and oxygen atoms in total. The Morgan fingerprint density at radius 3 is 3.33 bits per heavy atom. The SMILES string of the molecule is O/N=C\c1c(Cl)nc2n1CCS2. The maximum atomic E-state index is 8.36. The van der Waals surface area contributed by atoms with Crippen molar-refractivity contribution in [3.8, 4) is 0 Å². The lowest BCUT2D eigenvalue weighted by Crippen LogP contribution is -1.99. The number of thioether (sulfide) groups is 1. The first-order valence-corrected chi connectivity index (χ1v) is 4.75. The van der Waals surface area contributed by atoms with Gasteiger partial charge in [0.05, 0.1) is 6.21 Å². The number of fused-ring (bicyclic) bond motifs is 1. The van der Waals surface area contributed by atoms with Gasteiger partial charge in [0.1, 0.15) is 5.69 Å². The third-order valence-electron chi connectivity index (χ3n) is 1.65. The molecule has 0 aliphatic carbocycles. The molecule has 1 N–H and O–H groups in total. The zero-order chi connectivity index (χ0) is 8.55. The van der Waals surface area contributed by atoms with Crippen LogP contribution in [0.5, 0.6) is 0 Å². The van der Waals surface area contributed by atoms with Gasteiger partial charge in [0.15, 0.2) is 10.3 Å². The molecule has 2 rings (SSSR count). The molecular formula is C6H6ClN3OS. The largest absolute Gasteiger partial charge is 0.411 e. The molecular weight excluding hydrogens is 198 g/mol. The first-order chi connectivity index (χ1) is 5.83. The van der Waals surface area contributed by atoms with E-state index in [1.807, 2.05) is 4.57 Å². The molecule has 64 valence electrons. The molecule has 0 spiro atoms. The van der Waals surface area contributed by atoms with Gasteiger partial charge in [0, 0.05) is 12.3 Å². The molecule has 0 unspecified atom stereocenters. The smallest absolute Gasteiger partial charge is 0.170 e. The minimum Gasteiger partial charge on any atom is -0.411 e. The van der Waals surface area contributed by atoms with Crippen LogP contribution in [-0.4, -0.2) is 26.7 Å². The zero-order valence-electron chi connectivity index (χ0n) is 6.07. The molecule has 0 saturated carbocycles. The lowest BCUT2D eigenvalue weighted by atomic mass is 10.5. The fourth-order valence-electron chi connectivity index (χ4n) is 1.15. The van der Waals surface area contributed by atoms with Gasteiger partial charge in [0.2, 0.25) is 0 Å². The summed E-state index contributed by atoms with van der Waals surface area (Å²) < 4.78 is 1.94. The number of hydrogen-bond donors (Lipinski definition) is 1. The van der Waals surface area contributed by atoms with E-state index in [1.54, 1.807) is 11.8 Å². The summed E-state index contributed by atoms with van der Waals surface area (Å²) in [5.41, 5.74) is 0.680. The molecule has 2 heterocycles. The highest BCUT2D eigenvalue weighted by Crippen LogP contribution is 2.29. The van der Waals surface area contributed by atoms with Crippen LogP contribution >= 0.6 is 23.4 Å². The molecule has 6 heteroatoms. The summed E-state index contributed by atoms with van der Waals surface area (Å²) in [5, 5.41) is 12.6. The Morgan fingerprint density at radius 1 is 1.75 bits per heavy atom. The fourth-order valence-corrected chi connectivity index (χ4v) is 2.39. The molecule has 0 fully saturated rings. The van der Waals surface area contributed by atoms with Gasteiger partial charge in [-0.1, -0.05) is 28.5 Å². The van der Waals surface area contributed by atoms with E-state index in [4.69, 9.17) is 16.8 Å². The predicted molar refractivity (Wildman–Crippen MR) is 47.3 cm³/mol. The Bertz CT molecular complexity index is 336. The van der Waals surface area contributed by atoms with Crippen LogP contribution in [0.25, 0.3) is 0 Å². The Hall–Kier alpha value is -0.680. The van der Waals surface area contributed by atoms with E-state index in [0.29, 0.717) is 10.8 Å². The van der Waals surface area contributed by atoms with Gasteiger partial charge in [-0.05, 0) is 0 Å². The summed E-state index contributed by atoms with van der Waals surface area (Å²) in [6.07, 6.45) is 1.31. The topological polar surface area (TPSA) is 50.4 Å². The van der Waals surface area contributed by atoms with Crippen LogP contribution in [0.15, 0.2) is 10.3 Å². The van der Waals surface area contributed by atoms with Gasteiger partial charge in [-0.15, -0.1) is 0 Å². The summed E-state index contributed by atoms with van der Waals surface area (Å²) in [4.78, 5) is 4.10. The van der Waals surface area contributed by atoms with E-state index in [9.17, 15) is 0 Å². The molecule has 0 atom stereocenters. The average Bonchev–Trinajstić information content (AvgIpc) is 2.56. The number of aromatic nitrogens is 2. The first-order valence-electron chi connectivity index (χ1n) is 3.39. The van der Waals surface area contributed by atoms with Crippen molar-refractivity contribution < 1.29 is 5.21 Å². The van der Waals surface area contributed by atoms with Crippen molar-refractivity contribution >= 4 is 29.6 Å². The molecule has 0 amide bonds. The van der Waals surface area contributed by atoms with Gasteiger partial charge >= 0.3 is 0 Å². The second kappa shape index (κ2) is 2.99. The molecule has 1 aliphatic rings. The van der Waals surface area contributed by atoms with E-state index in [-0.39, 0.29) is 0 Å². The Morgan fingerprint density at radius 2 is 2.58 bits per heavy atom. The number of oxime groups is 1. The predicted octanol–water partition coefficient (Wildman–Crippen LogP) is 1.45. The van der Waals surface area contributed by atoms with Crippen molar-refractivity contribution in [1.82, 2.24) is 9.55 Å². The van der Waals surface area contributed by atoms with E-state index < -0.39 is 0 Å². The minimum absolute atomic E-state index is 0.398. The van der Waals surface area contributed by atoms with E-state index in [2.05, 4.69) is 10.1 Å². The number of imidazole rings is 1. The monoisotopic (exact) mass is 203 g/mol. The molecule has 0 saturated heterocycles. The molecule has 0 radical (unpaired) electrons. The average molecular weight is 204 g/mol. The Balaban J connectivity index is 2.51. The molecule has 0 aromatic carbocycles. The van der Waals surface area contributed by atoms with E-state index in [0.717, 1.165) is 17.5 Å². The molecule has 12 heavy (non-hydrogen) atoms. The third-order valence-corrected chi connectivity index (χ3v) is 2.89. The number of hydrogen-bond acceptors (Lipinski definition) is 4. The number of rotatable bonds is 1. The highest BCUT2D eigenvalue weighted by atomic mass is 35.5. The van der Waals surface area contributed by atoms with Crippen LogP contribution in [0.3, 0.4) is 0 Å². The van der Waals surface area contributed by atoms with Gasteiger partial charge in [-0.25, -0.2) is 4.98 Å². The summed E-state index contributed by atoms with van der Waals surface area (Å²) in [7, 11) is 0. The fraction of sp³-hybridized carbons (Fsp3) is 0.333. The maximum absolute atomic E-state index is 8.36. The van der Waals surface area contributed by atoms with Crippen molar-refractivity contribution in [1.29, 1.82) is 0 Å². The van der Waals surface area contributed by atoms with Crippen LogP contribution in [0.2, 0.25) is 5.15 Å². The quantitative estimate of drug-likeness (QED) is 0.427. The van der Waals surface area contributed by atoms with Crippen LogP contribution in [0.1, 0.15) is 5.69 Å². The van der Waals surface area contributed by atoms with E-state index >= 15 is 0 Å². The van der Waals surface area contributed by atoms with Crippen molar-refractivity contribution in [2.75, 3.05) is 5.75 Å². The summed E-state index contributed by atoms with van der Waals surface area (Å²) in [6.45, 7) is 0.876. The lowest BCUT2D eigenvalue weighted by molar-refractivity contribution is 0.321. The summed E-state index contributed by atoms with van der Waals surface area (Å²) >= 11 is 7.45. The van der Waals surface area contributed by atoms with Crippen molar-refractivity contribution in [2.24, 2.45) is 5.16 Å². The van der Waals surface area contributed by atoms with Crippen LogP contribution < -0.4 is 0 Å². The Labute approximate surface area is 78.2 Å². The normalized spacial score (nSPS) is 15.8. The summed E-state index contributed by atoms with van der Waals surface area (Å²) in [6, 6.07) is 0. The van der Waals surface area contributed by atoms with Gasteiger partial charge in [0.25, 0.3) is 0 Å².